The van der Waals surface area contributed by atoms with E-state index in [1.807, 2.05) is 6.92 Å². The Morgan fingerprint density at radius 1 is 1.46 bits per heavy atom. The standard InChI is InChI=1S/C10H21NO2/c1-10(7-12,8-13-2)11-9-5-3-4-6-9/h9,11-12H,3-8H2,1-2H3. The molecule has 0 spiro atoms. The fourth-order valence-electron chi connectivity index (χ4n) is 2.01. The van der Waals surface area contributed by atoms with Gasteiger partial charge in [-0.15, -0.1) is 0 Å². The van der Waals surface area contributed by atoms with Gasteiger partial charge in [0.2, 0.25) is 0 Å². The van der Waals surface area contributed by atoms with Gasteiger partial charge in [-0.1, -0.05) is 12.8 Å². The summed E-state index contributed by atoms with van der Waals surface area (Å²) in [5.41, 5.74) is -0.260. The maximum atomic E-state index is 9.23. The maximum Gasteiger partial charge on any atom is 0.0664 e. The Kier molecular flexibility index (Phi) is 4.16. The number of ether oxygens (including phenoxy) is 1. The molecule has 0 aromatic rings. The number of hydrogen-bond acceptors (Lipinski definition) is 3. The number of nitrogens with one attached hydrogen (secondary N) is 1. The lowest BCUT2D eigenvalue weighted by Gasteiger charge is -2.31. The van der Waals surface area contributed by atoms with E-state index in [4.69, 9.17) is 4.74 Å². The minimum atomic E-state index is -0.260. The lowest BCUT2D eigenvalue weighted by Crippen LogP contribution is -2.53. The highest BCUT2D eigenvalue weighted by Crippen LogP contribution is 2.20. The van der Waals surface area contributed by atoms with Crippen LogP contribution >= 0.6 is 0 Å². The van der Waals surface area contributed by atoms with E-state index in [0.29, 0.717) is 12.6 Å². The first-order chi connectivity index (χ1) is 6.20. The summed E-state index contributed by atoms with van der Waals surface area (Å²) in [5.74, 6) is 0. The number of aliphatic hydroxyl groups excluding tert-OH is 1. The molecule has 1 rings (SSSR count). The minimum Gasteiger partial charge on any atom is -0.394 e. The molecule has 1 aliphatic rings. The molecule has 0 aromatic carbocycles. The fraction of sp³-hybridized carbons (Fsp3) is 1.00. The summed E-state index contributed by atoms with van der Waals surface area (Å²) in [6.45, 7) is 2.71. The molecular formula is C10H21NO2. The largest absolute Gasteiger partial charge is 0.394 e. The van der Waals surface area contributed by atoms with Crippen molar-refractivity contribution in [3.63, 3.8) is 0 Å². The average molecular weight is 187 g/mol. The summed E-state index contributed by atoms with van der Waals surface area (Å²) >= 11 is 0. The molecule has 0 aromatic heterocycles. The van der Waals surface area contributed by atoms with Crippen LogP contribution in [0.15, 0.2) is 0 Å². The van der Waals surface area contributed by atoms with Crippen molar-refractivity contribution in [3.8, 4) is 0 Å². The van der Waals surface area contributed by atoms with Gasteiger partial charge < -0.3 is 15.2 Å². The third kappa shape index (κ3) is 3.25. The lowest BCUT2D eigenvalue weighted by atomic mass is 10.0. The number of hydrogen-bond donors (Lipinski definition) is 2. The van der Waals surface area contributed by atoms with Crippen LogP contribution in [0.2, 0.25) is 0 Å². The van der Waals surface area contributed by atoms with Crippen molar-refractivity contribution in [2.24, 2.45) is 0 Å². The average Bonchev–Trinajstić information content (AvgIpc) is 2.57. The Hall–Kier alpha value is -0.120. The molecule has 0 radical (unpaired) electrons. The molecule has 1 aliphatic carbocycles. The summed E-state index contributed by atoms with van der Waals surface area (Å²) in [4.78, 5) is 0. The van der Waals surface area contributed by atoms with Crippen molar-refractivity contribution in [1.29, 1.82) is 0 Å². The van der Waals surface area contributed by atoms with Crippen LogP contribution in [0.1, 0.15) is 32.6 Å². The quantitative estimate of drug-likeness (QED) is 0.672. The zero-order valence-electron chi connectivity index (χ0n) is 8.68. The van der Waals surface area contributed by atoms with E-state index >= 15 is 0 Å². The van der Waals surface area contributed by atoms with Crippen molar-refractivity contribution >= 4 is 0 Å². The molecule has 1 fully saturated rings. The first-order valence-corrected chi connectivity index (χ1v) is 5.08. The highest BCUT2D eigenvalue weighted by atomic mass is 16.5. The highest BCUT2D eigenvalue weighted by molar-refractivity contribution is 4.87. The van der Waals surface area contributed by atoms with Gasteiger partial charge in [0, 0.05) is 13.2 Å². The molecule has 1 unspecified atom stereocenters. The van der Waals surface area contributed by atoms with Crippen LogP contribution < -0.4 is 5.32 Å². The summed E-state index contributed by atoms with van der Waals surface area (Å²) in [5, 5.41) is 12.7. The van der Waals surface area contributed by atoms with Gasteiger partial charge in [-0.05, 0) is 19.8 Å². The summed E-state index contributed by atoms with van der Waals surface area (Å²) in [7, 11) is 1.67. The summed E-state index contributed by atoms with van der Waals surface area (Å²) in [6.07, 6.45) is 5.09. The van der Waals surface area contributed by atoms with E-state index in [1.54, 1.807) is 7.11 Å². The second kappa shape index (κ2) is 4.94. The minimum absolute atomic E-state index is 0.136. The molecule has 2 N–H and O–H groups in total. The summed E-state index contributed by atoms with van der Waals surface area (Å²) < 4.78 is 5.09. The van der Waals surface area contributed by atoms with E-state index in [0.717, 1.165) is 0 Å². The van der Waals surface area contributed by atoms with Gasteiger partial charge in [-0.3, -0.25) is 0 Å². The molecule has 0 heterocycles. The molecule has 0 amide bonds. The van der Waals surface area contributed by atoms with Crippen LogP contribution in [0, 0.1) is 0 Å². The van der Waals surface area contributed by atoms with Crippen molar-refractivity contribution in [2.75, 3.05) is 20.3 Å². The second-order valence-electron chi connectivity index (χ2n) is 4.28. The van der Waals surface area contributed by atoms with Gasteiger partial charge in [0.15, 0.2) is 0 Å². The molecular weight excluding hydrogens is 166 g/mol. The number of aliphatic hydroxyl groups is 1. The molecule has 1 atom stereocenters. The smallest absolute Gasteiger partial charge is 0.0664 e. The molecule has 1 saturated carbocycles. The Morgan fingerprint density at radius 3 is 2.54 bits per heavy atom. The molecule has 0 aliphatic heterocycles. The topological polar surface area (TPSA) is 41.5 Å². The van der Waals surface area contributed by atoms with Crippen LogP contribution in [0.3, 0.4) is 0 Å². The number of rotatable bonds is 5. The first-order valence-electron chi connectivity index (χ1n) is 5.08. The van der Waals surface area contributed by atoms with E-state index in [2.05, 4.69) is 5.32 Å². The van der Waals surface area contributed by atoms with E-state index in [9.17, 15) is 5.11 Å². The molecule has 3 nitrogen and oxygen atoms in total. The van der Waals surface area contributed by atoms with Crippen LogP contribution in [0.25, 0.3) is 0 Å². The third-order valence-corrected chi connectivity index (χ3v) is 2.72. The van der Waals surface area contributed by atoms with Gasteiger partial charge in [-0.25, -0.2) is 0 Å². The highest BCUT2D eigenvalue weighted by Gasteiger charge is 2.27. The van der Waals surface area contributed by atoms with Gasteiger partial charge in [0.25, 0.3) is 0 Å². The Balaban J connectivity index is 2.36. The Labute approximate surface area is 80.5 Å². The van der Waals surface area contributed by atoms with Gasteiger partial charge in [0.1, 0.15) is 0 Å². The molecule has 3 heteroatoms. The zero-order valence-corrected chi connectivity index (χ0v) is 8.68. The van der Waals surface area contributed by atoms with E-state index in [1.165, 1.54) is 25.7 Å². The lowest BCUT2D eigenvalue weighted by molar-refractivity contribution is 0.0658. The first kappa shape index (κ1) is 11.0. The van der Waals surface area contributed by atoms with Crippen LogP contribution in [-0.2, 0) is 4.74 Å². The third-order valence-electron chi connectivity index (χ3n) is 2.72. The maximum absolute atomic E-state index is 9.23. The molecule has 0 bridgehead atoms. The summed E-state index contributed by atoms with van der Waals surface area (Å²) in [6, 6.07) is 0.576. The SMILES string of the molecule is COCC(C)(CO)NC1CCCC1. The van der Waals surface area contributed by atoms with E-state index in [-0.39, 0.29) is 12.1 Å². The molecule has 78 valence electrons. The predicted octanol–water partition coefficient (Wildman–Crippen LogP) is 0.916. The monoisotopic (exact) mass is 187 g/mol. The molecule has 0 saturated heterocycles. The van der Waals surface area contributed by atoms with Crippen molar-refractivity contribution in [1.82, 2.24) is 5.32 Å². The fourth-order valence-corrected chi connectivity index (χ4v) is 2.01. The van der Waals surface area contributed by atoms with E-state index < -0.39 is 0 Å². The van der Waals surface area contributed by atoms with Crippen LogP contribution in [0.4, 0.5) is 0 Å². The van der Waals surface area contributed by atoms with Crippen molar-refractivity contribution in [2.45, 2.75) is 44.2 Å². The normalized spacial score (nSPS) is 23.3. The van der Waals surface area contributed by atoms with Crippen molar-refractivity contribution in [3.05, 3.63) is 0 Å². The van der Waals surface area contributed by atoms with Crippen molar-refractivity contribution < 1.29 is 9.84 Å². The Morgan fingerprint density at radius 2 is 2.08 bits per heavy atom. The van der Waals surface area contributed by atoms with Gasteiger partial charge >= 0.3 is 0 Å². The number of methoxy groups -OCH3 is 1. The Bertz CT molecular complexity index is 146. The zero-order chi connectivity index (χ0) is 9.73. The second-order valence-corrected chi connectivity index (χ2v) is 4.28. The predicted molar refractivity (Wildman–Crippen MR) is 52.8 cm³/mol. The molecule has 13 heavy (non-hydrogen) atoms. The van der Waals surface area contributed by atoms with Gasteiger partial charge in [-0.2, -0.15) is 0 Å². The van der Waals surface area contributed by atoms with Crippen LogP contribution in [0.5, 0.6) is 0 Å². The van der Waals surface area contributed by atoms with Gasteiger partial charge in [0.05, 0.1) is 18.8 Å². The van der Waals surface area contributed by atoms with Crippen LogP contribution in [-0.4, -0.2) is 37.0 Å².